The molecule has 19 heavy (non-hydrogen) atoms. The highest BCUT2D eigenvalue weighted by molar-refractivity contribution is 5.66. The summed E-state index contributed by atoms with van der Waals surface area (Å²) >= 11 is 0. The summed E-state index contributed by atoms with van der Waals surface area (Å²) in [6, 6.07) is 6.67. The fourth-order valence-electron chi connectivity index (χ4n) is 1.66. The lowest BCUT2D eigenvalue weighted by atomic mass is 9.97. The van der Waals surface area contributed by atoms with Crippen LogP contribution in [-0.2, 0) is 19.1 Å². The van der Waals surface area contributed by atoms with Crippen LogP contribution in [0.25, 0.3) is 0 Å². The number of carbonyl (C=O) groups excluding carboxylic acids is 2. The maximum atomic E-state index is 10.9. The Morgan fingerprint density at radius 2 is 1.68 bits per heavy atom. The van der Waals surface area contributed by atoms with Crippen molar-refractivity contribution in [2.24, 2.45) is 0 Å². The summed E-state index contributed by atoms with van der Waals surface area (Å²) in [4.78, 5) is 21.6. The number of carbonyl (C=O) groups is 2. The molecule has 0 spiro atoms. The van der Waals surface area contributed by atoms with Gasteiger partial charge in [0.25, 0.3) is 0 Å². The SMILES string of the molecule is CC(=O)OCCC(COC(C)=O)c1ccc(O)cc1. The van der Waals surface area contributed by atoms with E-state index in [0.29, 0.717) is 6.42 Å². The largest absolute Gasteiger partial charge is 0.508 e. The van der Waals surface area contributed by atoms with Gasteiger partial charge in [0, 0.05) is 19.8 Å². The predicted octanol–water partition coefficient (Wildman–Crippen LogP) is 1.99. The first-order chi connectivity index (χ1) is 8.99. The van der Waals surface area contributed by atoms with Crippen LogP contribution in [0.1, 0.15) is 31.7 Å². The minimum Gasteiger partial charge on any atom is -0.508 e. The molecule has 1 rings (SSSR count). The molecule has 0 aliphatic heterocycles. The van der Waals surface area contributed by atoms with Gasteiger partial charge in [0.1, 0.15) is 5.75 Å². The Morgan fingerprint density at radius 3 is 2.21 bits per heavy atom. The third-order valence-electron chi connectivity index (χ3n) is 2.62. The molecule has 1 N–H and O–H groups in total. The number of benzene rings is 1. The lowest BCUT2D eigenvalue weighted by Gasteiger charge is -2.17. The Labute approximate surface area is 112 Å². The van der Waals surface area contributed by atoms with Crippen LogP contribution >= 0.6 is 0 Å². The number of hydrogen-bond acceptors (Lipinski definition) is 5. The van der Waals surface area contributed by atoms with Crippen molar-refractivity contribution in [3.8, 4) is 5.75 Å². The molecule has 0 aliphatic carbocycles. The zero-order valence-corrected chi connectivity index (χ0v) is 11.1. The monoisotopic (exact) mass is 266 g/mol. The summed E-state index contributed by atoms with van der Waals surface area (Å²) in [7, 11) is 0. The minimum absolute atomic E-state index is 0.0659. The molecule has 1 aromatic carbocycles. The number of aromatic hydroxyl groups is 1. The first kappa shape index (κ1) is 15.0. The smallest absolute Gasteiger partial charge is 0.302 e. The van der Waals surface area contributed by atoms with Crippen LogP contribution < -0.4 is 0 Å². The highest BCUT2D eigenvalue weighted by Gasteiger charge is 2.14. The van der Waals surface area contributed by atoms with Crippen LogP contribution in [0.4, 0.5) is 0 Å². The molecule has 0 amide bonds. The highest BCUT2D eigenvalue weighted by atomic mass is 16.5. The molecule has 0 aromatic heterocycles. The molecule has 1 unspecified atom stereocenters. The van der Waals surface area contributed by atoms with E-state index < -0.39 is 0 Å². The summed E-state index contributed by atoms with van der Waals surface area (Å²) in [5.74, 6) is -0.577. The number of ether oxygens (including phenoxy) is 2. The summed E-state index contributed by atoms with van der Waals surface area (Å²) in [6.07, 6.45) is 0.553. The molecule has 104 valence electrons. The lowest BCUT2D eigenvalue weighted by Crippen LogP contribution is -2.14. The molecule has 1 atom stereocenters. The topological polar surface area (TPSA) is 72.8 Å². The third kappa shape index (κ3) is 5.90. The molecule has 0 radical (unpaired) electrons. The van der Waals surface area contributed by atoms with Gasteiger partial charge in [-0.05, 0) is 24.1 Å². The van der Waals surface area contributed by atoms with Crippen molar-refractivity contribution in [1.82, 2.24) is 0 Å². The standard InChI is InChI=1S/C14H18O5/c1-10(15)18-8-7-13(9-19-11(2)16)12-3-5-14(17)6-4-12/h3-6,13,17H,7-9H2,1-2H3. The molecule has 5 nitrogen and oxygen atoms in total. The van der Waals surface area contributed by atoms with E-state index in [1.54, 1.807) is 24.3 Å². The van der Waals surface area contributed by atoms with E-state index in [1.165, 1.54) is 13.8 Å². The van der Waals surface area contributed by atoms with Crippen LogP contribution in [0.3, 0.4) is 0 Å². The molecule has 0 bridgehead atoms. The van der Waals surface area contributed by atoms with Crippen molar-refractivity contribution in [2.75, 3.05) is 13.2 Å². The van der Waals surface area contributed by atoms with E-state index in [4.69, 9.17) is 9.47 Å². The van der Waals surface area contributed by atoms with E-state index in [0.717, 1.165) is 5.56 Å². The van der Waals surface area contributed by atoms with Crippen LogP contribution in [-0.4, -0.2) is 30.3 Å². The van der Waals surface area contributed by atoms with Gasteiger partial charge in [-0.1, -0.05) is 12.1 Å². The quantitative estimate of drug-likeness (QED) is 0.797. The Morgan fingerprint density at radius 1 is 1.11 bits per heavy atom. The molecule has 1 aromatic rings. The van der Waals surface area contributed by atoms with Crippen LogP contribution in [0.15, 0.2) is 24.3 Å². The fourth-order valence-corrected chi connectivity index (χ4v) is 1.66. The first-order valence-electron chi connectivity index (χ1n) is 6.04. The number of phenols is 1. The summed E-state index contributed by atoms with van der Waals surface area (Å²) in [5.41, 5.74) is 0.922. The number of phenolic OH excluding ortho intramolecular Hbond substituents is 1. The Hall–Kier alpha value is -2.04. The van der Waals surface area contributed by atoms with Crippen molar-refractivity contribution in [3.63, 3.8) is 0 Å². The maximum absolute atomic E-state index is 10.9. The Kier molecular flexibility index (Phi) is 5.85. The second-order valence-corrected chi connectivity index (χ2v) is 4.22. The molecule has 0 fully saturated rings. The van der Waals surface area contributed by atoms with Crippen molar-refractivity contribution in [1.29, 1.82) is 0 Å². The van der Waals surface area contributed by atoms with Crippen molar-refractivity contribution >= 4 is 11.9 Å². The van der Waals surface area contributed by atoms with Crippen LogP contribution in [0.5, 0.6) is 5.75 Å². The summed E-state index contributed by atoms with van der Waals surface area (Å²) < 4.78 is 9.90. The predicted molar refractivity (Wildman–Crippen MR) is 68.7 cm³/mol. The molecular weight excluding hydrogens is 248 g/mol. The van der Waals surface area contributed by atoms with Gasteiger partial charge in [-0.15, -0.1) is 0 Å². The number of hydrogen-bond donors (Lipinski definition) is 1. The first-order valence-corrected chi connectivity index (χ1v) is 6.04. The van der Waals surface area contributed by atoms with Crippen molar-refractivity contribution < 1.29 is 24.2 Å². The summed E-state index contributed by atoms with van der Waals surface area (Å²) in [5, 5.41) is 9.25. The van der Waals surface area contributed by atoms with E-state index in [9.17, 15) is 14.7 Å². The minimum atomic E-state index is -0.351. The molecule has 0 heterocycles. The van der Waals surface area contributed by atoms with Gasteiger partial charge >= 0.3 is 11.9 Å². The molecule has 5 heteroatoms. The summed E-state index contributed by atoms with van der Waals surface area (Å²) in [6.45, 7) is 3.19. The fraction of sp³-hybridized carbons (Fsp3) is 0.429. The molecule has 0 saturated carbocycles. The third-order valence-corrected chi connectivity index (χ3v) is 2.62. The Balaban J connectivity index is 2.64. The zero-order chi connectivity index (χ0) is 14.3. The van der Waals surface area contributed by atoms with Crippen molar-refractivity contribution in [2.45, 2.75) is 26.2 Å². The normalized spacial score (nSPS) is 11.7. The number of esters is 2. The maximum Gasteiger partial charge on any atom is 0.302 e. The average molecular weight is 266 g/mol. The van der Waals surface area contributed by atoms with Crippen LogP contribution in [0.2, 0.25) is 0 Å². The number of rotatable bonds is 6. The van der Waals surface area contributed by atoms with Gasteiger partial charge in [-0.2, -0.15) is 0 Å². The van der Waals surface area contributed by atoms with Gasteiger partial charge in [0.05, 0.1) is 13.2 Å². The molecule has 0 aliphatic rings. The molecule has 0 saturated heterocycles. The van der Waals surface area contributed by atoms with E-state index in [2.05, 4.69) is 0 Å². The van der Waals surface area contributed by atoms with Gasteiger partial charge in [-0.3, -0.25) is 9.59 Å². The van der Waals surface area contributed by atoms with E-state index in [-0.39, 0.29) is 36.8 Å². The van der Waals surface area contributed by atoms with Crippen molar-refractivity contribution in [3.05, 3.63) is 29.8 Å². The second-order valence-electron chi connectivity index (χ2n) is 4.22. The average Bonchev–Trinajstić information content (AvgIpc) is 2.34. The van der Waals surface area contributed by atoms with Gasteiger partial charge in [-0.25, -0.2) is 0 Å². The molecular formula is C14H18O5. The van der Waals surface area contributed by atoms with Gasteiger partial charge < -0.3 is 14.6 Å². The van der Waals surface area contributed by atoms with E-state index in [1.807, 2.05) is 0 Å². The lowest BCUT2D eigenvalue weighted by molar-refractivity contribution is -0.144. The zero-order valence-electron chi connectivity index (χ0n) is 11.1. The van der Waals surface area contributed by atoms with Gasteiger partial charge in [0.15, 0.2) is 0 Å². The van der Waals surface area contributed by atoms with Crippen LogP contribution in [0, 0.1) is 0 Å². The Bertz CT molecular complexity index is 424. The highest BCUT2D eigenvalue weighted by Crippen LogP contribution is 2.22. The van der Waals surface area contributed by atoms with Gasteiger partial charge in [0.2, 0.25) is 0 Å². The second kappa shape index (κ2) is 7.41. The van der Waals surface area contributed by atoms with E-state index >= 15 is 0 Å².